The zero-order valence-electron chi connectivity index (χ0n) is 11.5. The summed E-state index contributed by atoms with van der Waals surface area (Å²) in [6.45, 7) is 0. The molecule has 4 aliphatic rings. The fraction of sp³-hybridized carbons (Fsp3) is 0.667. The minimum Gasteiger partial charge on any atom is -0.307 e. The summed E-state index contributed by atoms with van der Waals surface area (Å²) < 4.78 is 0. The van der Waals surface area contributed by atoms with Gasteiger partial charge in [-0.1, -0.05) is 24.3 Å². The van der Waals surface area contributed by atoms with E-state index in [1.165, 1.54) is 32.1 Å². The lowest BCUT2D eigenvalue weighted by Gasteiger charge is -2.27. The molecule has 4 aliphatic carbocycles. The highest BCUT2D eigenvalue weighted by Crippen LogP contribution is 2.66. The fourth-order valence-corrected chi connectivity index (χ4v) is 5.71. The Morgan fingerprint density at radius 3 is 2.58 bits per heavy atom. The van der Waals surface area contributed by atoms with Crippen molar-refractivity contribution in [1.29, 1.82) is 0 Å². The first-order valence-electron chi connectivity index (χ1n) is 8.25. The number of rotatable bonds is 2. The average molecular weight is 253 g/mol. The topological polar surface area (TPSA) is 12.0 Å². The van der Waals surface area contributed by atoms with Crippen LogP contribution in [-0.2, 0) is 6.42 Å². The van der Waals surface area contributed by atoms with E-state index < -0.39 is 0 Å². The summed E-state index contributed by atoms with van der Waals surface area (Å²) in [6, 6.07) is 10.6. The first kappa shape index (κ1) is 10.9. The Morgan fingerprint density at radius 1 is 0.947 bits per heavy atom. The molecule has 3 fully saturated rings. The maximum atomic E-state index is 4.05. The van der Waals surface area contributed by atoms with Crippen molar-refractivity contribution in [2.24, 2.45) is 23.7 Å². The number of aryl methyl sites for hydroxylation is 1. The van der Waals surface area contributed by atoms with Gasteiger partial charge >= 0.3 is 0 Å². The minimum atomic E-state index is 0.653. The van der Waals surface area contributed by atoms with Gasteiger partial charge in [0.25, 0.3) is 0 Å². The highest BCUT2D eigenvalue weighted by atomic mass is 15.0. The van der Waals surface area contributed by atoms with Gasteiger partial charge in [-0.25, -0.2) is 0 Å². The van der Waals surface area contributed by atoms with Gasteiger partial charge in [0.2, 0.25) is 0 Å². The Bertz CT molecular complexity index is 492. The van der Waals surface area contributed by atoms with Crippen molar-refractivity contribution in [3.8, 4) is 0 Å². The van der Waals surface area contributed by atoms with Gasteiger partial charge in [0.15, 0.2) is 0 Å². The van der Waals surface area contributed by atoms with Gasteiger partial charge in [-0.15, -0.1) is 0 Å². The van der Waals surface area contributed by atoms with Crippen LogP contribution in [0.1, 0.15) is 49.3 Å². The van der Waals surface area contributed by atoms with E-state index in [0.717, 1.165) is 29.7 Å². The smallest absolute Gasteiger partial charge is 0.0325 e. The molecule has 0 spiro atoms. The molecule has 5 rings (SSSR count). The van der Waals surface area contributed by atoms with Crippen LogP contribution in [0.5, 0.6) is 0 Å². The molecule has 1 N–H and O–H groups in total. The van der Waals surface area contributed by atoms with Crippen molar-refractivity contribution >= 4 is 0 Å². The van der Waals surface area contributed by atoms with E-state index in [-0.39, 0.29) is 0 Å². The zero-order valence-corrected chi connectivity index (χ0v) is 11.5. The summed E-state index contributed by atoms with van der Waals surface area (Å²) in [5.41, 5.74) is 3.20. The second-order valence-corrected chi connectivity index (χ2v) is 7.32. The average Bonchev–Trinajstić information content (AvgIpc) is 2.84. The molecule has 5 unspecified atom stereocenters. The van der Waals surface area contributed by atoms with E-state index in [1.807, 2.05) is 0 Å². The van der Waals surface area contributed by atoms with Gasteiger partial charge in [0.1, 0.15) is 0 Å². The molecule has 0 radical (unpaired) electrons. The highest BCUT2D eigenvalue weighted by Gasteiger charge is 2.65. The monoisotopic (exact) mass is 253 g/mol. The van der Waals surface area contributed by atoms with Crippen molar-refractivity contribution < 1.29 is 0 Å². The number of fused-ring (bicyclic) bond motifs is 6. The molecule has 1 aromatic rings. The van der Waals surface area contributed by atoms with Crippen LogP contribution >= 0.6 is 0 Å². The summed E-state index contributed by atoms with van der Waals surface area (Å²) >= 11 is 0. The van der Waals surface area contributed by atoms with E-state index in [9.17, 15) is 0 Å². The number of benzene rings is 1. The predicted octanol–water partition coefficient (Wildman–Crippen LogP) is 3.70. The maximum absolute atomic E-state index is 4.05. The molecule has 5 atom stereocenters. The van der Waals surface area contributed by atoms with Crippen LogP contribution in [0.15, 0.2) is 24.3 Å². The van der Waals surface area contributed by atoms with E-state index in [2.05, 4.69) is 29.6 Å². The number of hydrogen-bond donors (Lipinski definition) is 1. The summed E-state index contributed by atoms with van der Waals surface area (Å²) in [5, 5.41) is 4.05. The third-order valence-corrected chi connectivity index (χ3v) is 6.50. The summed E-state index contributed by atoms with van der Waals surface area (Å²) in [6.07, 6.45) is 8.63. The van der Waals surface area contributed by atoms with Gasteiger partial charge in [-0.05, 0) is 73.3 Å². The van der Waals surface area contributed by atoms with Crippen LogP contribution in [0.25, 0.3) is 0 Å². The first-order valence-corrected chi connectivity index (χ1v) is 8.25. The third kappa shape index (κ3) is 1.51. The number of nitrogens with one attached hydrogen (secondary N) is 1. The standard InChI is InChI=1S/C18H23N/c1-2-6-14-11(4-1)5-3-7-15(14)19-18-16-12-8-9-13(10-12)17(16)18/h1-2,4,6,12-13,15-19H,3,5,7-10H2. The normalized spacial score (nSPS) is 45.9. The molecule has 19 heavy (non-hydrogen) atoms. The summed E-state index contributed by atoms with van der Waals surface area (Å²) in [4.78, 5) is 0. The molecule has 0 saturated heterocycles. The van der Waals surface area contributed by atoms with Crippen LogP contribution in [0.4, 0.5) is 0 Å². The van der Waals surface area contributed by atoms with Crippen LogP contribution in [-0.4, -0.2) is 6.04 Å². The molecule has 2 bridgehead atoms. The Hall–Kier alpha value is -0.820. The summed E-state index contributed by atoms with van der Waals surface area (Å²) in [5.74, 6) is 4.30. The van der Waals surface area contributed by atoms with Gasteiger partial charge in [-0.2, -0.15) is 0 Å². The Labute approximate surface area is 115 Å². The van der Waals surface area contributed by atoms with Crippen molar-refractivity contribution in [1.82, 2.24) is 5.32 Å². The van der Waals surface area contributed by atoms with E-state index in [1.54, 1.807) is 17.5 Å². The van der Waals surface area contributed by atoms with E-state index >= 15 is 0 Å². The lowest BCUT2D eigenvalue weighted by Crippen LogP contribution is -2.30. The summed E-state index contributed by atoms with van der Waals surface area (Å²) in [7, 11) is 0. The molecular formula is C18H23N. The van der Waals surface area contributed by atoms with Crippen LogP contribution in [0, 0.1) is 23.7 Å². The first-order chi connectivity index (χ1) is 9.42. The third-order valence-electron chi connectivity index (χ3n) is 6.50. The second kappa shape index (κ2) is 3.85. The molecule has 100 valence electrons. The van der Waals surface area contributed by atoms with Gasteiger partial charge in [0.05, 0.1) is 0 Å². The van der Waals surface area contributed by atoms with Crippen molar-refractivity contribution in [3.63, 3.8) is 0 Å². The van der Waals surface area contributed by atoms with Crippen molar-refractivity contribution in [3.05, 3.63) is 35.4 Å². The Morgan fingerprint density at radius 2 is 1.74 bits per heavy atom. The quantitative estimate of drug-likeness (QED) is 0.847. The molecule has 0 aliphatic heterocycles. The van der Waals surface area contributed by atoms with Gasteiger partial charge < -0.3 is 5.32 Å². The van der Waals surface area contributed by atoms with Crippen LogP contribution < -0.4 is 5.32 Å². The van der Waals surface area contributed by atoms with E-state index in [4.69, 9.17) is 0 Å². The maximum Gasteiger partial charge on any atom is 0.0325 e. The van der Waals surface area contributed by atoms with Crippen LogP contribution in [0.2, 0.25) is 0 Å². The lowest BCUT2D eigenvalue weighted by molar-refractivity contribution is 0.393. The molecule has 0 amide bonds. The SMILES string of the molecule is c1ccc2c(c1)CCCC2NC1C2C3CCC(C3)C12. The van der Waals surface area contributed by atoms with Crippen molar-refractivity contribution in [2.75, 3.05) is 0 Å². The Kier molecular flexibility index (Phi) is 2.21. The largest absolute Gasteiger partial charge is 0.307 e. The molecule has 1 heteroatoms. The lowest BCUT2D eigenvalue weighted by atomic mass is 9.87. The highest BCUT2D eigenvalue weighted by molar-refractivity contribution is 5.33. The van der Waals surface area contributed by atoms with Gasteiger partial charge in [-0.3, -0.25) is 0 Å². The molecule has 3 saturated carbocycles. The van der Waals surface area contributed by atoms with Crippen molar-refractivity contribution in [2.45, 2.75) is 50.6 Å². The molecule has 0 aromatic heterocycles. The zero-order chi connectivity index (χ0) is 12.4. The second-order valence-electron chi connectivity index (χ2n) is 7.32. The molecule has 1 aromatic carbocycles. The van der Waals surface area contributed by atoms with Crippen LogP contribution in [0.3, 0.4) is 0 Å². The van der Waals surface area contributed by atoms with Gasteiger partial charge in [0, 0.05) is 12.1 Å². The minimum absolute atomic E-state index is 0.653. The molecule has 1 nitrogen and oxygen atoms in total. The fourth-order valence-electron chi connectivity index (χ4n) is 5.71. The number of hydrogen-bond acceptors (Lipinski definition) is 1. The Balaban J connectivity index is 1.36. The molecule has 0 heterocycles. The van der Waals surface area contributed by atoms with E-state index in [0.29, 0.717) is 6.04 Å². The predicted molar refractivity (Wildman–Crippen MR) is 76.9 cm³/mol. The molecular weight excluding hydrogens is 230 g/mol.